The van der Waals surface area contributed by atoms with Gasteiger partial charge in [-0.1, -0.05) is 6.61 Å². The summed E-state index contributed by atoms with van der Waals surface area (Å²) in [5, 5.41) is 12.6. The molecule has 176 valence electrons. The lowest BCUT2D eigenvalue weighted by atomic mass is 10.1. The standard InChI is InChI=1S/C13H21F9N2O4S/c1-24(2,7-9-26)6-3-4-23(5-8-25)29(27,28)13(21,22)11(16,17)10(14,15)12(18,19)20/h25H,3-9H2,1-2H3. The average molecular weight is 472 g/mol. The van der Waals surface area contributed by atoms with Gasteiger partial charge in [0.15, 0.2) is 0 Å². The van der Waals surface area contributed by atoms with Crippen LogP contribution >= 0.6 is 0 Å². The van der Waals surface area contributed by atoms with Crippen LogP contribution in [0.3, 0.4) is 0 Å². The van der Waals surface area contributed by atoms with Crippen LogP contribution < -0.4 is 5.11 Å². The van der Waals surface area contributed by atoms with E-state index in [-0.39, 0.29) is 24.0 Å². The highest BCUT2D eigenvalue weighted by Crippen LogP contribution is 2.55. The molecule has 0 radical (unpaired) electrons. The van der Waals surface area contributed by atoms with Crippen LogP contribution in [0.25, 0.3) is 0 Å². The van der Waals surface area contributed by atoms with Gasteiger partial charge in [0.05, 0.1) is 33.8 Å². The highest BCUT2D eigenvalue weighted by atomic mass is 32.2. The third-order valence-corrected chi connectivity index (χ3v) is 5.95. The highest BCUT2D eigenvalue weighted by Gasteiger charge is 2.85. The molecule has 0 saturated carbocycles. The first-order valence-corrected chi connectivity index (χ1v) is 9.38. The summed E-state index contributed by atoms with van der Waals surface area (Å²) in [7, 11) is -3.76. The molecule has 0 fully saturated rings. The Kier molecular flexibility index (Phi) is 8.85. The van der Waals surface area contributed by atoms with Gasteiger partial charge in [-0.15, -0.1) is 0 Å². The van der Waals surface area contributed by atoms with Crippen molar-refractivity contribution in [2.75, 3.05) is 53.5 Å². The normalized spacial score (nSPS) is 15.2. The summed E-state index contributed by atoms with van der Waals surface area (Å²) < 4.78 is 140. The molecule has 29 heavy (non-hydrogen) atoms. The van der Waals surface area contributed by atoms with E-state index in [1.807, 2.05) is 0 Å². The molecule has 0 aromatic rings. The quantitative estimate of drug-likeness (QED) is 0.338. The second-order valence-electron chi connectivity index (χ2n) is 6.73. The first kappa shape index (κ1) is 28.2. The van der Waals surface area contributed by atoms with Crippen LogP contribution in [-0.2, 0) is 10.0 Å². The molecule has 0 rings (SSSR count). The van der Waals surface area contributed by atoms with Crippen molar-refractivity contribution >= 4 is 10.0 Å². The van der Waals surface area contributed by atoms with Gasteiger partial charge < -0.3 is 14.7 Å². The number of aliphatic hydroxyl groups is 1. The highest BCUT2D eigenvalue weighted by molar-refractivity contribution is 7.90. The van der Waals surface area contributed by atoms with Crippen molar-refractivity contribution in [2.24, 2.45) is 0 Å². The van der Waals surface area contributed by atoms with Gasteiger partial charge in [0.25, 0.3) is 10.0 Å². The Morgan fingerprint density at radius 3 is 1.76 bits per heavy atom. The van der Waals surface area contributed by atoms with Crippen molar-refractivity contribution in [3.63, 3.8) is 0 Å². The predicted molar refractivity (Wildman–Crippen MR) is 79.8 cm³/mol. The molecular weight excluding hydrogens is 451 g/mol. The lowest BCUT2D eigenvalue weighted by molar-refractivity contribution is -0.895. The maximum Gasteiger partial charge on any atom is 0.460 e. The topological polar surface area (TPSA) is 80.7 Å². The zero-order chi connectivity index (χ0) is 23.5. The van der Waals surface area contributed by atoms with Crippen molar-refractivity contribution in [2.45, 2.75) is 29.7 Å². The van der Waals surface area contributed by atoms with Gasteiger partial charge in [0.2, 0.25) is 0 Å². The molecule has 0 aliphatic rings. The van der Waals surface area contributed by atoms with Crippen LogP contribution in [0.4, 0.5) is 39.5 Å². The molecule has 0 atom stereocenters. The molecule has 0 aliphatic heterocycles. The number of quaternary nitrogens is 1. The maximum absolute atomic E-state index is 13.9. The molecule has 0 aromatic heterocycles. The molecule has 1 N–H and O–H groups in total. The predicted octanol–water partition coefficient (Wildman–Crippen LogP) is 0.863. The van der Waals surface area contributed by atoms with Crippen molar-refractivity contribution < 1.29 is 62.6 Å². The second kappa shape index (κ2) is 9.11. The van der Waals surface area contributed by atoms with E-state index in [0.717, 1.165) is 0 Å². The third kappa shape index (κ3) is 5.65. The minimum atomic E-state index is -7.35. The summed E-state index contributed by atoms with van der Waals surface area (Å²) in [6, 6.07) is 0. The summed E-state index contributed by atoms with van der Waals surface area (Å²) in [4.78, 5) is 0. The Labute approximate surface area is 161 Å². The summed E-state index contributed by atoms with van der Waals surface area (Å²) in [5.74, 6) is -14.7. The monoisotopic (exact) mass is 472 g/mol. The Balaban J connectivity index is 5.85. The van der Waals surface area contributed by atoms with E-state index in [2.05, 4.69) is 0 Å². The van der Waals surface area contributed by atoms with Gasteiger partial charge in [0, 0.05) is 19.5 Å². The zero-order valence-electron chi connectivity index (χ0n) is 15.3. The van der Waals surface area contributed by atoms with E-state index in [1.54, 1.807) is 0 Å². The number of halogens is 9. The van der Waals surface area contributed by atoms with Crippen molar-refractivity contribution in [3.05, 3.63) is 0 Å². The first-order valence-electron chi connectivity index (χ1n) is 7.94. The van der Waals surface area contributed by atoms with E-state index in [4.69, 9.17) is 5.11 Å². The summed E-state index contributed by atoms with van der Waals surface area (Å²) in [5.41, 5.74) is 0. The van der Waals surface area contributed by atoms with Gasteiger partial charge >= 0.3 is 23.3 Å². The fraction of sp³-hybridized carbons (Fsp3) is 1.00. The lowest BCUT2D eigenvalue weighted by Crippen LogP contribution is -2.65. The number of likely N-dealkylation sites (N-methyl/N-ethyl adjacent to an activating group) is 1. The number of nitrogens with zero attached hydrogens (tertiary/aromatic N) is 2. The number of aliphatic hydroxyl groups excluding tert-OH is 1. The number of sulfonamides is 1. The molecular formula is C13H21F9N2O4S. The van der Waals surface area contributed by atoms with Gasteiger partial charge in [-0.3, -0.25) is 0 Å². The van der Waals surface area contributed by atoms with Crippen LogP contribution in [0, 0.1) is 0 Å². The molecule has 0 bridgehead atoms. The Morgan fingerprint density at radius 2 is 1.38 bits per heavy atom. The number of hydrogen-bond acceptors (Lipinski definition) is 4. The van der Waals surface area contributed by atoms with Crippen LogP contribution in [0.15, 0.2) is 0 Å². The number of hydrogen-bond donors (Lipinski definition) is 1. The Hall–Kier alpha value is -0.840. The number of alkyl halides is 9. The largest absolute Gasteiger partial charge is 0.850 e. The average Bonchev–Trinajstić information content (AvgIpc) is 2.52. The minimum Gasteiger partial charge on any atom is -0.850 e. The van der Waals surface area contributed by atoms with E-state index < -0.39 is 63.9 Å². The van der Waals surface area contributed by atoms with Crippen molar-refractivity contribution in [3.8, 4) is 0 Å². The van der Waals surface area contributed by atoms with Crippen LogP contribution in [0.2, 0.25) is 0 Å². The van der Waals surface area contributed by atoms with Crippen molar-refractivity contribution in [1.29, 1.82) is 0 Å². The van der Waals surface area contributed by atoms with Crippen LogP contribution in [0.1, 0.15) is 6.42 Å². The van der Waals surface area contributed by atoms with Gasteiger partial charge in [0.1, 0.15) is 0 Å². The molecule has 0 spiro atoms. The molecule has 0 heterocycles. The molecule has 6 nitrogen and oxygen atoms in total. The molecule has 16 heteroatoms. The van der Waals surface area contributed by atoms with Gasteiger partial charge in [-0.05, 0) is 0 Å². The fourth-order valence-corrected chi connectivity index (χ4v) is 3.65. The van der Waals surface area contributed by atoms with E-state index >= 15 is 0 Å². The molecule has 0 amide bonds. The summed E-state index contributed by atoms with van der Waals surface area (Å²) >= 11 is 0. The van der Waals surface area contributed by atoms with Crippen LogP contribution in [0.5, 0.6) is 0 Å². The fourth-order valence-electron chi connectivity index (χ4n) is 2.18. The first-order chi connectivity index (χ1) is 12.7. The minimum absolute atomic E-state index is 0.0266. The summed E-state index contributed by atoms with van der Waals surface area (Å²) in [6.07, 6.45) is -7.50. The van der Waals surface area contributed by atoms with Gasteiger partial charge in [-0.25, -0.2) is 8.42 Å². The molecule has 0 aliphatic carbocycles. The Morgan fingerprint density at radius 1 is 0.897 bits per heavy atom. The molecule has 0 unspecified atom stereocenters. The van der Waals surface area contributed by atoms with E-state index in [9.17, 15) is 53.0 Å². The summed E-state index contributed by atoms with van der Waals surface area (Å²) in [6.45, 7) is -4.01. The number of rotatable bonds is 12. The van der Waals surface area contributed by atoms with E-state index in [0.29, 0.717) is 0 Å². The van der Waals surface area contributed by atoms with Crippen molar-refractivity contribution in [1.82, 2.24) is 4.31 Å². The lowest BCUT2D eigenvalue weighted by Gasteiger charge is -2.36. The van der Waals surface area contributed by atoms with Crippen LogP contribution in [-0.4, -0.2) is 99.1 Å². The second-order valence-corrected chi connectivity index (χ2v) is 8.71. The van der Waals surface area contributed by atoms with Gasteiger partial charge in [-0.2, -0.15) is 43.8 Å². The maximum atomic E-state index is 13.9. The van der Waals surface area contributed by atoms with E-state index in [1.165, 1.54) is 14.1 Å². The molecule has 0 aromatic carbocycles. The Bertz CT molecular complexity index is 639. The molecule has 0 saturated heterocycles. The SMILES string of the molecule is C[N+](C)(CC[O-])CCCN(CCO)S(=O)(=O)C(F)(F)C(F)(F)C(F)(F)C(F)(F)F. The third-order valence-electron chi connectivity index (χ3n) is 4.00. The smallest absolute Gasteiger partial charge is 0.460 e. The zero-order valence-corrected chi connectivity index (χ0v) is 16.1.